The molecule has 1 aliphatic heterocycles. The predicted molar refractivity (Wildman–Crippen MR) is 80.6 cm³/mol. The van der Waals surface area contributed by atoms with E-state index in [1.54, 1.807) is 16.4 Å². The lowest BCUT2D eigenvalue weighted by Crippen LogP contribution is -2.47. The van der Waals surface area contributed by atoms with Gasteiger partial charge in [-0.25, -0.2) is 8.42 Å². The lowest BCUT2D eigenvalue weighted by atomic mass is 9.62. The zero-order valence-electron chi connectivity index (χ0n) is 12.5. The van der Waals surface area contributed by atoms with Crippen LogP contribution >= 0.6 is 0 Å². The van der Waals surface area contributed by atoms with E-state index in [0.29, 0.717) is 23.9 Å². The first-order valence-electron chi connectivity index (χ1n) is 7.05. The van der Waals surface area contributed by atoms with Crippen LogP contribution in [0.25, 0.3) is 0 Å². The van der Waals surface area contributed by atoms with Crippen LogP contribution in [0.15, 0.2) is 34.3 Å². The maximum absolute atomic E-state index is 12.7. The lowest BCUT2D eigenvalue weighted by Gasteiger charge is -2.41. The van der Waals surface area contributed by atoms with Crippen LogP contribution in [0.3, 0.4) is 0 Å². The number of fused-ring (bicyclic) bond motifs is 1. The van der Waals surface area contributed by atoms with Crippen LogP contribution in [0.2, 0.25) is 0 Å². The topological polar surface area (TPSA) is 59.0 Å². The summed E-state index contributed by atoms with van der Waals surface area (Å²) in [7, 11) is -1.89. The molecular weight excluding hydrogens is 288 g/mol. The molecule has 3 rings (SSSR count). The zero-order valence-corrected chi connectivity index (χ0v) is 13.4. The number of oxime groups is 1. The molecule has 1 aromatic rings. The number of nitrogens with zero attached hydrogens (tertiary/aromatic N) is 2. The van der Waals surface area contributed by atoms with Gasteiger partial charge in [0.05, 0.1) is 10.6 Å². The Bertz CT molecular complexity index is 681. The van der Waals surface area contributed by atoms with Gasteiger partial charge in [0.25, 0.3) is 0 Å². The van der Waals surface area contributed by atoms with E-state index in [9.17, 15) is 8.42 Å². The van der Waals surface area contributed by atoms with Gasteiger partial charge in [0.2, 0.25) is 10.0 Å². The van der Waals surface area contributed by atoms with Crippen molar-refractivity contribution >= 4 is 15.7 Å². The minimum atomic E-state index is -3.42. The van der Waals surface area contributed by atoms with Gasteiger partial charge in [-0.15, -0.1) is 0 Å². The van der Waals surface area contributed by atoms with Gasteiger partial charge in [-0.1, -0.05) is 29.8 Å². The molecule has 0 amide bonds. The van der Waals surface area contributed by atoms with E-state index in [-0.39, 0.29) is 5.41 Å². The van der Waals surface area contributed by atoms with Crippen molar-refractivity contribution in [3.8, 4) is 0 Å². The molecule has 0 bridgehead atoms. The zero-order chi connectivity index (χ0) is 15.3. The second-order valence-corrected chi connectivity index (χ2v) is 8.09. The third-order valence-corrected chi connectivity index (χ3v) is 6.62. The molecule has 0 aromatic heterocycles. The molecule has 1 aromatic carbocycles. The van der Waals surface area contributed by atoms with Crippen LogP contribution in [-0.4, -0.2) is 38.6 Å². The molecule has 21 heavy (non-hydrogen) atoms. The highest BCUT2D eigenvalue weighted by molar-refractivity contribution is 7.89. The molecule has 2 fully saturated rings. The van der Waals surface area contributed by atoms with Crippen LogP contribution in [0.1, 0.15) is 18.9 Å². The Labute approximate surface area is 125 Å². The quantitative estimate of drug-likeness (QED) is 0.803. The Kier molecular flexibility index (Phi) is 3.33. The van der Waals surface area contributed by atoms with Crippen molar-refractivity contribution in [2.75, 3.05) is 20.2 Å². The summed E-state index contributed by atoms with van der Waals surface area (Å²) in [4.78, 5) is 5.22. The van der Waals surface area contributed by atoms with Crippen molar-refractivity contribution < 1.29 is 13.3 Å². The summed E-state index contributed by atoms with van der Waals surface area (Å²) in [5, 5.41) is 4.04. The maximum atomic E-state index is 12.7. The van der Waals surface area contributed by atoms with E-state index in [0.717, 1.165) is 17.7 Å². The Morgan fingerprint density at radius 2 is 2.00 bits per heavy atom. The van der Waals surface area contributed by atoms with Crippen LogP contribution in [-0.2, 0) is 14.9 Å². The molecule has 0 N–H and O–H groups in total. The van der Waals surface area contributed by atoms with E-state index < -0.39 is 10.0 Å². The summed E-state index contributed by atoms with van der Waals surface area (Å²) in [5.74, 6) is 0.339. The van der Waals surface area contributed by atoms with Crippen LogP contribution in [0.4, 0.5) is 0 Å². The van der Waals surface area contributed by atoms with Crippen LogP contribution in [0, 0.1) is 18.3 Å². The van der Waals surface area contributed by atoms with E-state index in [1.807, 2.05) is 19.1 Å². The molecular formula is C15H20N2O3S. The minimum absolute atomic E-state index is 0.173. The molecule has 1 saturated carbocycles. The van der Waals surface area contributed by atoms with E-state index >= 15 is 0 Å². The fourth-order valence-electron chi connectivity index (χ4n) is 3.25. The average molecular weight is 308 g/mol. The summed E-state index contributed by atoms with van der Waals surface area (Å²) in [5.41, 5.74) is 1.85. The van der Waals surface area contributed by atoms with Crippen LogP contribution < -0.4 is 0 Å². The summed E-state index contributed by atoms with van der Waals surface area (Å²) in [6.45, 7) is 5.07. The van der Waals surface area contributed by atoms with Crippen molar-refractivity contribution in [3.05, 3.63) is 29.8 Å². The average Bonchev–Trinajstić information content (AvgIpc) is 2.71. The Morgan fingerprint density at radius 3 is 2.62 bits per heavy atom. The first-order chi connectivity index (χ1) is 9.88. The predicted octanol–water partition coefficient (Wildman–Crippen LogP) is 2.03. The summed E-state index contributed by atoms with van der Waals surface area (Å²) >= 11 is 0. The molecule has 2 aliphatic rings. The molecule has 1 heterocycles. The monoisotopic (exact) mass is 308 g/mol. The Balaban J connectivity index is 1.86. The summed E-state index contributed by atoms with van der Waals surface area (Å²) in [6, 6.07) is 7.02. The van der Waals surface area contributed by atoms with Crippen molar-refractivity contribution in [3.63, 3.8) is 0 Å². The SMILES string of the molecule is CON=C1C[C@H]2CN(S(=O)(=O)c3ccc(C)cc3)C[C@@]12C. The van der Waals surface area contributed by atoms with Gasteiger partial charge in [-0.2, -0.15) is 4.31 Å². The summed E-state index contributed by atoms with van der Waals surface area (Å²) < 4.78 is 27.0. The second kappa shape index (κ2) is 4.81. The number of rotatable bonds is 3. The number of sulfonamides is 1. The van der Waals surface area contributed by atoms with E-state index in [1.165, 1.54) is 7.11 Å². The van der Waals surface area contributed by atoms with Gasteiger partial charge in [0.15, 0.2) is 0 Å². The Hall–Kier alpha value is -1.40. The molecule has 1 aliphatic carbocycles. The molecule has 0 spiro atoms. The van der Waals surface area contributed by atoms with Gasteiger partial charge in [-0.3, -0.25) is 0 Å². The van der Waals surface area contributed by atoms with Crippen molar-refractivity contribution in [1.29, 1.82) is 0 Å². The largest absolute Gasteiger partial charge is 0.399 e. The van der Waals surface area contributed by atoms with Crippen LogP contribution in [0.5, 0.6) is 0 Å². The molecule has 6 heteroatoms. The first kappa shape index (κ1) is 14.5. The van der Waals surface area contributed by atoms with E-state index in [4.69, 9.17) is 4.84 Å². The van der Waals surface area contributed by atoms with Gasteiger partial charge in [-0.05, 0) is 31.4 Å². The van der Waals surface area contributed by atoms with Gasteiger partial charge < -0.3 is 4.84 Å². The fraction of sp³-hybridized carbons (Fsp3) is 0.533. The highest BCUT2D eigenvalue weighted by atomic mass is 32.2. The van der Waals surface area contributed by atoms with E-state index in [2.05, 4.69) is 12.1 Å². The molecule has 5 nitrogen and oxygen atoms in total. The maximum Gasteiger partial charge on any atom is 0.243 e. The number of benzene rings is 1. The normalized spacial score (nSPS) is 31.0. The van der Waals surface area contributed by atoms with Crippen molar-refractivity contribution in [2.24, 2.45) is 16.5 Å². The van der Waals surface area contributed by atoms with Gasteiger partial charge in [0, 0.05) is 18.5 Å². The first-order valence-corrected chi connectivity index (χ1v) is 8.49. The standard InChI is InChI=1S/C15H20N2O3S/c1-11-4-6-13(7-5-11)21(18,19)17-9-12-8-14(16-20-3)15(12,2)10-17/h4-7,12H,8-10H2,1-3H3/t12-,15+/m0/s1. The molecule has 1 saturated heterocycles. The fourth-order valence-corrected chi connectivity index (χ4v) is 4.85. The smallest absolute Gasteiger partial charge is 0.243 e. The third kappa shape index (κ3) is 2.17. The molecule has 114 valence electrons. The van der Waals surface area contributed by atoms with Crippen molar-refractivity contribution in [2.45, 2.75) is 25.2 Å². The lowest BCUT2D eigenvalue weighted by molar-refractivity contribution is 0.189. The second-order valence-electron chi connectivity index (χ2n) is 6.15. The highest BCUT2D eigenvalue weighted by Gasteiger charge is 2.57. The summed E-state index contributed by atoms with van der Waals surface area (Å²) in [6.07, 6.45) is 0.824. The number of aryl methyl sites for hydroxylation is 1. The minimum Gasteiger partial charge on any atom is -0.399 e. The van der Waals surface area contributed by atoms with Gasteiger partial charge >= 0.3 is 0 Å². The third-order valence-electron chi connectivity index (χ3n) is 4.79. The van der Waals surface area contributed by atoms with Gasteiger partial charge in [0.1, 0.15) is 7.11 Å². The number of hydrogen-bond acceptors (Lipinski definition) is 4. The Morgan fingerprint density at radius 1 is 1.33 bits per heavy atom. The molecule has 0 radical (unpaired) electrons. The highest BCUT2D eigenvalue weighted by Crippen LogP contribution is 2.50. The number of hydrogen-bond donors (Lipinski definition) is 0. The molecule has 0 unspecified atom stereocenters. The van der Waals surface area contributed by atoms with Crippen molar-refractivity contribution in [1.82, 2.24) is 4.31 Å². The molecule has 2 atom stereocenters.